The number of carbonyl (C=O) groups is 3. The van der Waals surface area contributed by atoms with Crippen molar-refractivity contribution in [2.75, 3.05) is 26.0 Å². The zero-order chi connectivity index (χ0) is 21.0. The number of ether oxygens (including phenoxy) is 1. The third-order valence-corrected chi connectivity index (χ3v) is 4.77. The van der Waals surface area contributed by atoms with E-state index < -0.39 is 12.0 Å². The maximum Gasteiger partial charge on any atom is 0.339 e. The number of likely N-dealkylation sites (N-methyl/N-ethyl adjacent to an activating group) is 1. The Balaban J connectivity index is 2.07. The molecule has 0 fully saturated rings. The molecule has 7 nitrogen and oxygen atoms in total. The number of rotatable bonds is 7. The Morgan fingerprint density at radius 2 is 1.82 bits per heavy atom. The maximum atomic E-state index is 12.9. The zero-order valence-corrected chi connectivity index (χ0v) is 16.6. The number of halogens is 1. The lowest BCUT2D eigenvalue weighted by Gasteiger charge is -2.20. The van der Waals surface area contributed by atoms with Gasteiger partial charge < -0.3 is 19.9 Å². The molecule has 0 saturated heterocycles. The third-order valence-electron chi connectivity index (χ3n) is 4.77. The molecule has 0 aliphatic heterocycles. The number of aromatic amines is 1. The van der Waals surface area contributed by atoms with Crippen LogP contribution < -0.4 is 10.2 Å². The fourth-order valence-corrected chi connectivity index (χ4v) is 2.99. The van der Waals surface area contributed by atoms with Crippen molar-refractivity contribution in [3.8, 4) is 0 Å². The highest BCUT2D eigenvalue weighted by Gasteiger charge is 2.30. The summed E-state index contributed by atoms with van der Waals surface area (Å²) in [6, 6.07) is 4.93. The van der Waals surface area contributed by atoms with E-state index in [2.05, 4.69) is 10.3 Å². The highest BCUT2D eigenvalue weighted by atomic mass is 19.1. The molecule has 1 amide bonds. The number of quaternary nitrogens is 1. The van der Waals surface area contributed by atoms with E-state index in [-0.39, 0.29) is 24.1 Å². The zero-order valence-electron chi connectivity index (χ0n) is 16.6. The lowest BCUT2D eigenvalue weighted by atomic mass is 10.0. The Morgan fingerprint density at radius 3 is 2.39 bits per heavy atom. The number of Topliss-reactive ketones (excluding diaryl/α,β-unsaturated/α-hetero) is 1. The number of benzene rings is 1. The first-order valence-corrected chi connectivity index (χ1v) is 8.85. The van der Waals surface area contributed by atoms with Crippen LogP contribution in [0.25, 0.3) is 0 Å². The van der Waals surface area contributed by atoms with Gasteiger partial charge in [-0.3, -0.25) is 9.59 Å². The van der Waals surface area contributed by atoms with E-state index in [1.165, 1.54) is 31.4 Å². The summed E-state index contributed by atoms with van der Waals surface area (Å²) in [7, 11) is 3.02. The average molecular weight is 390 g/mol. The summed E-state index contributed by atoms with van der Waals surface area (Å²) in [5.41, 5.74) is 2.27. The van der Waals surface area contributed by atoms with Gasteiger partial charge in [0.2, 0.25) is 5.78 Å². The van der Waals surface area contributed by atoms with Crippen LogP contribution in [0.4, 0.5) is 10.1 Å². The van der Waals surface area contributed by atoms with Gasteiger partial charge in [0.05, 0.1) is 25.4 Å². The van der Waals surface area contributed by atoms with Gasteiger partial charge in [-0.1, -0.05) is 0 Å². The molecule has 150 valence electrons. The van der Waals surface area contributed by atoms with Crippen LogP contribution in [-0.2, 0) is 9.53 Å². The molecule has 0 bridgehead atoms. The molecule has 2 aromatic rings. The Kier molecular flexibility index (Phi) is 6.69. The molecule has 0 aliphatic rings. The van der Waals surface area contributed by atoms with E-state index in [9.17, 15) is 18.8 Å². The van der Waals surface area contributed by atoms with Crippen molar-refractivity contribution in [3.63, 3.8) is 0 Å². The summed E-state index contributed by atoms with van der Waals surface area (Å²) in [6.07, 6.45) is 0. The van der Waals surface area contributed by atoms with Gasteiger partial charge in [0.25, 0.3) is 5.91 Å². The number of aromatic nitrogens is 1. The highest BCUT2D eigenvalue weighted by Crippen LogP contribution is 2.19. The van der Waals surface area contributed by atoms with Crippen LogP contribution in [0.15, 0.2) is 24.3 Å². The normalized spacial score (nSPS) is 12.9. The van der Waals surface area contributed by atoms with Crippen molar-refractivity contribution in [2.24, 2.45) is 0 Å². The Bertz CT molecular complexity index is 890. The van der Waals surface area contributed by atoms with Crippen molar-refractivity contribution >= 4 is 23.3 Å². The van der Waals surface area contributed by atoms with Crippen molar-refractivity contribution in [1.29, 1.82) is 0 Å². The van der Waals surface area contributed by atoms with Crippen LogP contribution in [-0.4, -0.2) is 49.4 Å². The Morgan fingerprint density at radius 1 is 1.21 bits per heavy atom. The predicted molar refractivity (Wildman–Crippen MR) is 102 cm³/mol. The molecule has 0 saturated carbocycles. The first-order chi connectivity index (χ1) is 13.1. The predicted octanol–water partition coefficient (Wildman–Crippen LogP) is 1.28. The van der Waals surface area contributed by atoms with Crippen molar-refractivity contribution < 1.29 is 28.4 Å². The van der Waals surface area contributed by atoms with Gasteiger partial charge >= 0.3 is 5.97 Å². The van der Waals surface area contributed by atoms with Crippen LogP contribution in [0.1, 0.15) is 39.0 Å². The van der Waals surface area contributed by atoms with Crippen LogP contribution >= 0.6 is 0 Å². The summed E-state index contributed by atoms with van der Waals surface area (Å²) >= 11 is 0. The van der Waals surface area contributed by atoms with Crippen LogP contribution in [0.2, 0.25) is 0 Å². The number of H-pyrrole nitrogens is 1. The first kappa shape index (κ1) is 21.3. The second-order valence-corrected chi connectivity index (χ2v) is 6.78. The van der Waals surface area contributed by atoms with Crippen molar-refractivity contribution in [3.05, 3.63) is 52.6 Å². The fraction of sp³-hybridized carbons (Fsp3) is 0.350. The molecule has 1 aromatic heterocycles. The lowest BCUT2D eigenvalue weighted by Crippen LogP contribution is -3.14. The maximum absolute atomic E-state index is 12.9. The van der Waals surface area contributed by atoms with Crippen molar-refractivity contribution in [1.82, 2.24) is 4.98 Å². The Hall–Kier alpha value is -3.00. The quantitative estimate of drug-likeness (QED) is 0.491. The number of amides is 1. The lowest BCUT2D eigenvalue weighted by molar-refractivity contribution is -0.885. The topological polar surface area (TPSA) is 92.7 Å². The van der Waals surface area contributed by atoms with Crippen LogP contribution in [0, 0.1) is 19.7 Å². The summed E-state index contributed by atoms with van der Waals surface area (Å²) in [5, 5.41) is 2.67. The average Bonchev–Trinajstić information content (AvgIpc) is 2.95. The second-order valence-electron chi connectivity index (χ2n) is 6.78. The molecule has 28 heavy (non-hydrogen) atoms. The van der Waals surface area contributed by atoms with E-state index in [1.54, 1.807) is 27.8 Å². The molecule has 8 heteroatoms. The number of hydrogen-bond acceptors (Lipinski definition) is 4. The minimum absolute atomic E-state index is 0.0485. The fourth-order valence-electron chi connectivity index (χ4n) is 2.99. The molecular formula is C20H25FN3O4+. The number of esters is 1. The van der Waals surface area contributed by atoms with Gasteiger partial charge in [-0.25, -0.2) is 9.18 Å². The molecule has 2 atom stereocenters. The summed E-state index contributed by atoms with van der Waals surface area (Å²) < 4.78 is 17.7. The molecule has 1 aromatic carbocycles. The standard InChI is InChI=1S/C20H24FN3O4/c1-11-17(20(27)28-5)12(2)22-18(11)19(26)13(3)24(4)10-16(25)23-15-8-6-14(21)7-9-15/h6-9,13,22H,10H2,1-5H3,(H,23,25)/p+1/t13-/m1/s1. The number of anilines is 1. The van der Waals surface area contributed by atoms with Crippen molar-refractivity contribution in [2.45, 2.75) is 26.8 Å². The molecule has 3 N–H and O–H groups in total. The SMILES string of the molecule is COC(=O)c1c(C)[nH]c(C(=O)[C@@H](C)[NH+](C)CC(=O)Nc2ccc(F)cc2)c1C. The molecule has 2 rings (SSSR count). The number of aryl methyl sites for hydroxylation is 1. The molecule has 1 heterocycles. The Labute approximate surface area is 162 Å². The minimum atomic E-state index is -0.527. The monoisotopic (exact) mass is 390 g/mol. The number of nitrogens with one attached hydrogen (secondary N) is 3. The summed E-state index contributed by atoms with van der Waals surface area (Å²) in [4.78, 5) is 40.6. The minimum Gasteiger partial charge on any atom is -0.465 e. The van der Waals surface area contributed by atoms with Crippen LogP contribution in [0.5, 0.6) is 0 Å². The number of carbonyl (C=O) groups excluding carboxylic acids is 3. The number of hydrogen-bond donors (Lipinski definition) is 3. The molecule has 0 aliphatic carbocycles. The summed E-state index contributed by atoms with van der Waals surface area (Å²) in [6.45, 7) is 5.16. The van der Waals surface area contributed by atoms with E-state index >= 15 is 0 Å². The molecule has 0 spiro atoms. The van der Waals surface area contributed by atoms with Crippen LogP contribution in [0.3, 0.4) is 0 Å². The van der Waals surface area contributed by atoms with Gasteiger partial charge in [0.1, 0.15) is 5.82 Å². The van der Waals surface area contributed by atoms with E-state index in [0.29, 0.717) is 33.1 Å². The van der Waals surface area contributed by atoms with Gasteiger partial charge in [-0.05, 0) is 50.6 Å². The molecular weight excluding hydrogens is 365 g/mol. The van der Waals surface area contributed by atoms with Gasteiger partial charge in [-0.15, -0.1) is 0 Å². The highest BCUT2D eigenvalue weighted by molar-refractivity contribution is 6.03. The smallest absolute Gasteiger partial charge is 0.339 e. The molecule has 1 unspecified atom stereocenters. The van der Waals surface area contributed by atoms with Gasteiger partial charge in [-0.2, -0.15) is 0 Å². The van der Waals surface area contributed by atoms with E-state index in [0.717, 1.165) is 0 Å². The summed E-state index contributed by atoms with van der Waals surface area (Å²) in [5.74, 6) is -1.39. The van der Waals surface area contributed by atoms with E-state index in [4.69, 9.17) is 4.74 Å². The number of methoxy groups -OCH3 is 1. The first-order valence-electron chi connectivity index (χ1n) is 8.85. The third kappa shape index (κ3) is 4.64. The number of ketones is 1. The second kappa shape index (κ2) is 8.79. The molecule has 0 radical (unpaired) electrons. The van der Waals surface area contributed by atoms with E-state index in [1.807, 2.05) is 0 Å². The van der Waals surface area contributed by atoms with Gasteiger partial charge in [0.15, 0.2) is 12.6 Å². The largest absolute Gasteiger partial charge is 0.465 e. The van der Waals surface area contributed by atoms with Gasteiger partial charge in [0, 0.05) is 11.4 Å².